The molecule has 0 heterocycles. The minimum Gasteiger partial charge on any atom is -0.229 e. The Bertz CT molecular complexity index is 247. The van der Waals surface area contributed by atoms with Crippen molar-refractivity contribution in [2.45, 2.75) is 38.3 Å². The van der Waals surface area contributed by atoms with Gasteiger partial charge in [-0.2, -0.15) is 26.3 Å². The molecule has 0 spiro atoms. The summed E-state index contributed by atoms with van der Waals surface area (Å²) in [6.07, 6.45) is -12.7. The Kier molecular flexibility index (Phi) is 3.82. The molecule has 0 amide bonds. The third-order valence-corrected chi connectivity index (χ3v) is 1.95. The van der Waals surface area contributed by atoms with Crippen LogP contribution in [0.15, 0.2) is 11.6 Å². The van der Waals surface area contributed by atoms with Gasteiger partial charge in [0.05, 0.1) is 6.42 Å². The molecule has 0 N–H and O–H groups in total. The first kappa shape index (κ1) is 14.2. The van der Waals surface area contributed by atoms with Gasteiger partial charge in [0, 0.05) is 0 Å². The first-order valence-electron chi connectivity index (χ1n) is 3.90. The zero-order valence-corrected chi connectivity index (χ0v) is 7.93. The average molecular weight is 238 g/mol. The Morgan fingerprint density at radius 1 is 1.00 bits per heavy atom. The quantitative estimate of drug-likeness (QED) is 0.500. The molecule has 0 nitrogen and oxygen atoms in total. The van der Waals surface area contributed by atoms with Crippen LogP contribution >= 0.6 is 0 Å². The van der Waals surface area contributed by atoms with Crippen molar-refractivity contribution in [3.8, 4) is 0 Å². The minimum absolute atomic E-state index is 0.680. The zero-order chi connectivity index (χ0) is 12.5. The fraction of sp³-hybridized carbons (Fsp3) is 0.750. The Labute approximate surface area is 81.8 Å². The zero-order valence-electron chi connectivity index (χ0n) is 7.93. The molecule has 90 valence electrons. The van der Waals surface area contributed by atoms with Gasteiger partial charge in [0.25, 0.3) is 0 Å². The molecule has 0 aliphatic carbocycles. The Balaban J connectivity index is 5.25. The van der Waals surface area contributed by atoms with E-state index in [1.54, 1.807) is 0 Å². The molecule has 7 heteroatoms. The molecule has 0 aromatic rings. The van der Waals surface area contributed by atoms with Gasteiger partial charge in [-0.05, 0) is 19.4 Å². The van der Waals surface area contributed by atoms with Crippen molar-refractivity contribution in [3.63, 3.8) is 0 Å². The van der Waals surface area contributed by atoms with Gasteiger partial charge >= 0.3 is 12.4 Å². The lowest BCUT2D eigenvalue weighted by molar-refractivity contribution is -0.254. The van der Waals surface area contributed by atoms with Crippen LogP contribution in [0.3, 0.4) is 0 Å². The summed E-state index contributed by atoms with van der Waals surface area (Å²) in [5.74, 6) is 0. The summed E-state index contributed by atoms with van der Waals surface area (Å²) in [6, 6.07) is 0. The van der Waals surface area contributed by atoms with Gasteiger partial charge in [-0.25, -0.2) is 4.39 Å². The summed E-state index contributed by atoms with van der Waals surface area (Å²) in [7, 11) is 0. The van der Waals surface area contributed by atoms with Crippen LogP contribution < -0.4 is 0 Å². The highest BCUT2D eigenvalue weighted by Gasteiger charge is 2.61. The lowest BCUT2D eigenvalue weighted by Crippen LogP contribution is -2.45. The largest absolute Gasteiger partial charge is 0.426 e. The monoisotopic (exact) mass is 238 g/mol. The Morgan fingerprint density at radius 2 is 1.40 bits per heavy atom. The predicted molar refractivity (Wildman–Crippen MR) is 40.0 cm³/mol. The fourth-order valence-electron chi connectivity index (χ4n) is 0.968. The molecule has 0 bridgehead atoms. The number of alkyl halides is 7. The molecule has 0 saturated carbocycles. The Morgan fingerprint density at radius 3 is 1.60 bits per heavy atom. The van der Waals surface area contributed by atoms with E-state index in [0.29, 0.717) is 13.0 Å². The Hall–Kier alpha value is -0.750. The molecule has 0 saturated heterocycles. The van der Waals surface area contributed by atoms with Crippen LogP contribution in [0.4, 0.5) is 30.7 Å². The second-order valence-corrected chi connectivity index (χ2v) is 3.06. The smallest absolute Gasteiger partial charge is 0.229 e. The standard InChI is InChI=1S/C8H9F7/c1-3-5(2)6(9,8(13,14)15)4-7(10,11)12/h3H,4H2,1-2H3. The molecule has 0 aromatic heterocycles. The summed E-state index contributed by atoms with van der Waals surface area (Å²) in [5.41, 5.74) is -5.33. The van der Waals surface area contributed by atoms with Crippen LogP contribution in [0.5, 0.6) is 0 Å². The van der Waals surface area contributed by atoms with Gasteiger partial charge in [-0.15, -0.1) is 0 Å². The molecule has 0 aliphatic heterocycles. The van der Waals surface area contributed by atoms with Crippen LogP contribution in [-0.4, -0.2) is 18.0 Å². The summed E-state index contributed by atoms with van der Waals surface area (Å²) in [5, 5.41) is 0. The maximum Gasteiger partial charge on any atom is 0.426 e. The normalized spacial score (nSPS) is 18.9. The first-order chi connectivity index (χ1) is 6.44. The topological polar surface area (TPSA) is 0 Å². The molecule has 0 rings (SSSR count). The van der Waals surface area contributed by atoms with Crippen molar-refractivity contribution >= 4 is 0 Å². The maximum atomic E-state index is 13.3. The summed E-state index contributed by atoms with van der Waals surface area (Å²) in [4.78, 5) is 0. The molecule has 0 aliphatic rings. The van der Waals surface area contributed by atoms with Gasteiger partial charge in [0.15, 0.2) is 0 Å². The van der Waals surface area contributed by atoms with Crippen LogP contribution in [-0.2, 0) is 0 Å². The molecule has 1 unspecified atom stereocenters. The third kappa shape index (κ3) is 3.39. The third-order valence-electron chi connectivity index (χ3n) is 1.95. The van der Waals surface area contributed by atoms with E-state index in [4.69, 9.17) is 0 Å². The number of allylic oxidation sites excluding steroid dienone is 2. The first-order valence-corrected chi connectivity index (χ1v) is 3.90. The van der Waals surface area contributed by atoms with Gasteiger partial charge in [-0.3, -0.25) is 0 Å². The molecule has 0 radical (unpaired) electrons. The molecule has 1 atom stereocenters. The van der Waals surface area contributed by atoms with Crippen LogP contribution in [0.2, 0.25) is 0 Å². The second-order valence-electron chi connectivity index (χ2n) is 3.06. The number of hydrogen-bond acceptors (Lipinski definition) is 0. The number of rotatable bonds is 2. The van der Waals surface area contributed by atoms with Crippen LogP contribution in [0.25, 0.3) is 0 Å². The van der Waals surface area contributed by atoms with E-state index in [1.165, 1.54) is 0 Å². The lowest BCUT2D eigenvalue weighted by Gasteiger charge is -2.29. The van der Waals surface area contributed by atoms with E-state index in [2.05, 4.69) is 0 Å². The maximum absolute atomic E-state index is 13.3. The highest BCUT2D eigenvalue weighted by molar-refractivity contribution is 5.17. The highest BCUT2D eigenvalue weighted by Crippen LogP contribution is 2.46. The molecule has 0 fully saturated rings. The predicted octanol–water partition coefficient (Wildman–Crippen LogP) is 4.18. The SMILES string of the molecule is CC=C(C)C(F)(CC(F)(F)F)C(F)(F)F. The number of halogens is 7. The molecule has 15 heavy (non-hydrogen) atoms. The van der Waals surface area contributed by atoms with Gasteiger partial charge < -0.3 is 0 Å². The van der Waals surface area contributed by atoms with E-state index in [0.717, 1.165) is 6.92 Å². The summed E-state index contributed by atoms with van der Waals surface area (Å²) < 4.78 is 85.2. The highest BCUT2D eigenvalue weighted by atomic mass is 19.4. The molecular weight excluding hydrogens is 229 g/mol. The van der Waals surface area contributed by atoms with Gasteiger partial charge in [0.1, 0.15) is 0 Å². The average Bonchev–Trinajstić information content (AvgIpc) is 1.97. The van der Waals surface area contributed by atoms with E-state index < -0.39 is 30.0 Å². The summed E-state index contributed by atoms with van der Waals surface area (Å²) >= 11 is 0. The van der Waals surface area contributed by atoms with Gasteiger partial charge in [-0.1, -0.05) is 6.08 Å². The van der Waals surface area contributed by atoms with Crippen LogP contribution in [0.1, 0.15) is 20.3 Å². The molecule has 0 aromatic carbocycles. The van der Waals surface area contributed by atoms with Crippen molar-refractivity contribution in [3.05, 3.63) is 11.6 Å². The van der Waals surface area contributed by atoms with E-state index in [-0.39, 0.29) is 0 Å². The van der Waals surface area contributed by atoms with Crippen molar-refractivity contribution in [1.29, 1.82) is 0 Å². The summed E-state index contributed by atoms with van der Waals surface area (Å²) in [6.45, 7) is 1.73. The van der Waals surface area contributed by atoms with E-state index in [9.17, 15) is 30.7 Å². The minimum atomic E-state index is -5.57. The number of hydrogen-bond donors (Lipinski definition) is 0. The van der Waals surface area contributed by atoms with Crippen molar-refractivity contribution in [1.82, 2.24) is 0 Å². The van der Waals surface area contributed by atoms with Crippen molar-refractivity contribution in [2.75, 3.05) is 0 Å². The van der Waals surface area contributed by atoms with E-state index in [1.807, 2.05) is 0 Å². The van der Waals surface area contributed by atoms with Crippen molar-refractivity contribution in [2.24, 2.45) is 0 Å². The van der Waals surface area contributed by atoms with Crippen molar-refractivity contribution < 1.29 is 30.7 Å². The lowest BCUT2D eigenvalue weighted by atomic mass is 9.92. The van der Waals surface area contributed by atoms with E-state index >= 15 is 0 Å². The molecular formula is C8H9F7. The fourth-order valence-corrected chi connectivity index (χ4v) is 0.968. The van der Waals surface area contributed by atoms with Crippen LogP contribution in [0, 0.1) is 0 Å². The van der Waals surface area contributed by atoms with Gasteiger partial charge in [0.2, 0.25) is 5.67 Å². The second kappa shape index (κ2) is 4.02.